The lowest BCUT2D eigenvalue weighted by molar-refractivity contribution is -0.134. The minimum absolute atomic E-state index is 0.113. The largest absolute Gasteiger partial charge is 0.341 e. The summed E-state index contributed by atoms with van der Waals surface area (Å²) in [5.41, 5.74) is 6.05. The molecule has 0 aromatic rings. The van der Waals surface area contributed by atoms with Crippen LogP contribution < -0.4 is 5.73 Å². The van der Waals surface area contributed by atoms with E-state index in [9.17, 15) is 4.79 Å². The molecule has 4 heteroatoms. The number of carbonyl (C=O) groups is 1. The standard InChI is InChI=1S/C14H25N3O/c15-13-5-3-4-12(13)14(18)17-9-6-11(10-17)16-7-1-2-8-16/h11-13H,1-10,15H2/t11-,12+,13-/m1/s1. The molecule has 0 radical (unpaired) electrons. The van der Waals surface area contributed by atoms with Crippen molar-refractivity contribution < 1.29 is 4.79 Å². The third kappa shape index (κ3) is 2.28. The van der Waals surface area contributed by atoms with Crippen LogP contribution in [0.5, 0.6) is 0 Å². The predicted octanol–water partition coefficient (Wildman–Crippen LogP) is 0.810. The van der Waals surface area contributed by atoms with Crippen molar-refractivity contribution in [2.24, 2.45) is 11.7 Å². The molecule has 4 nitrogen and oxygen atoms in total. The minimum Gasteiger partial charge on any atom is -0.341 e. The molecule has 1 aliphatic carbocycles. The van der Waals surface area contributed by atoms with Crippen LogP contribution in [0.15, 0.2) is 0 Å². The van der Waals surface area contributed by atoms with E-state index in [4.69, 9.17) is 5.73 Å². The van der Waals surface area contributed by atoms with Crippen molar-refractivity contribution in [2.75, 3.05) is 26.2 Å². The number of hydrogen-bond acceptors (Lipinski definition) is 3. The van der Waals surface area contributed by atoms with Crippen molar-refractivity contribution in [3.05, 3.63) is 0 Å². The van der Waals surface area contributed by atoms with Gasteiger partial charge in [-0.05, 0) is 45.2 Å². The van der Waals surface area contributed by atoms with Gasteiger partial charge in [-0.2, -0.15) is 0 Å². The van der Waals surface area contributed by atoms with Crippen molar-refractivity contribution >= 4 is 5.91 Å². The summed E-state index contributed by atoms with van der Waals surface area (Å²) in [6.07, 6.45) is 6.98. The van der Waals surface area contributed by atoms with Gasteiger partial charge in [-0.25, -0.2) is 0 Å². The number of amides is 1. The number of likely N-dealkylation sites (tertiary alicyclic amines) is 2. The summed E-state index contributed by atoms with van der Waals surface area (Å²) in [7, 11) is 0. The smallest absolute Gasteiger partial charge is 0.227 e. The van der Waals surface area contributed by atoms with E-state index < -0.39 is 0 Å². The Bertz CT molecular complexity index is 314. The Morgan fingerprint density at radius 3 is 2.44 bits per heavy atom. The van der Waals surface area contributed by atoms with Crippen LogP contribution in [0.3, 0.4) is 0 Å². The maximum Gasteiger partial charge on any atom is 0.227 e. The summed E-state index contributed by atoms with van der Waals surface area (Å²) in [5, 5.41) is 0. The number of nitrogens with zero attached hydrogens (tertiary/aromatic N) is 2. The molecule has 3 atom stereocenters. The summed E-state index contributed by atoms with van der Waals surface area (Å²) in [4.78, 5) is 17.1. The van der Waals surface area contributed by atoms with Crippen LogP contribution in [0.25, 0.3) is 0 Å². The number of nitrogens with two attached hydrogens (primary N) is 1. The second kappa shape index (κ2) is 5.17. The highest BCUT2D eigenvalue weighted by molar-refractivity contribution is 5.80. The van der Waals surface area contributed by atoms with E-state index in [0.717, 1.165) is 38.8 Å². The Morgan fingerprint density at radius 2 is 1.78 bits per heavy atom. The number of rotatable bonds is 2. The second-order valence-corrected chi connectivity index (χ2v) is 6.17. The molecule has 3 rings (SSSR count). The first-order valence-electron chi connectivity index (χ1n) is 7.54. The first-order chi connectivity index (χ1) is 8.75. The lowest BCUT2D eigenvalue weighted by atomic mass is 10.0. The molecule has 2 heterocycles. The van der Waals surface area contributed by atoms with Gasteiger partial charge in [0.05, 0.1) is 5.92 Å². The molecule has 0 aromatic heterocycles. The molecule has 0 spiro atoms. The lowest BCUT2D eigenvalue weighted by Gasteiger charge is -2.26. The fourth-order valence-corrected chi connectivity index (χ4v) is 3.88. The highest BCUT2D eigenvalue weighted by Gasteiger charge is 2.37. The van der Waals surface area contributed by atoms with Gasteiger partial charge in [0.2, 0.25) is 5.91 Å². The predicted molar refractivity (Wildman–Crippen MR) is 71.1 cm³/mol. The van der Waals surface area contributed by atoms with Crippen molar-refractivity contribution in [3.8, 4) is 0 Å². The van der Waals surface area contributed by atoms with Crippen LogP contribution in [0.1, 0.15) is 38.5 Å². The molecular weight excluding hydrogens is 226 g/mol. The van der Waals surface area contributed by atoms with Gasteiger partial charge >= 0.3 is 0 Å². The van der Waals surface area contributed by atoms with Crippen molar-refractivity contribution in [3.63, 3.8) is 0 Å². The first kappa shape index (κ1) is 12.4. The Kier molecular flexibility index (Phi) is 3.57. The van der Waals surface area contributed by atoms with Gasteiger partial charge < -0.3 is 10.6 Å². The SMILES string of the molecule is N[C@@H]1CCC[C@@H]1C(=O)N1CC[C@@H](N2CCCC2)C1. The van der Waals surface area contributed by atoms with Crippen LogP contribution in [0.4, 0.5) is 0 Å². The van der Waals surface area contributed by atoms with Gasteiger partial charge in [0.1, 0.15) is 0 Å². The van der Waals surface area contributed by atoms with E-state index in [1.807, 2.05) is 0 Å². The van der Waals surface area contributed by atoms with E-state index in [2.05, 4.69) is 9.80 Å². The topological polar surface area (TPSA) is 49.6 Å². The van der Waals surface area contributed by atoms with Gasteiger partial charge in [-0.1, -0.05) is 6.42 Å². The van der Waals surface area contributed by atoms with E-state index in [-0.39, 0.29) is 12.0 Å². The van der Waals surface area contributed by atoms with E-state index >= 15 is 0 Å². The maximum absolute atomic E-state index is 12.4. The third-order valence-corrected chi connectivity index (χ3v) is 5.02. The summed E-state index contributed by atoms with van der Waals surface area (Å²) in [6, 6.07) is 0.734. The van der Waals surface area contributed by atoms with Crippen LogP contribution >= 0.6 is 0 Å². The summed E-state index contributed by atoms with van der Waals surface area (Å²) < 4.78 is 0. The van der Waals surface area contributed by atoms with Crippen LogP contribution in [-0.2, 0) is 4.79 Å². The maximum atomic E-state index is 12.4. The van der Waals surface area contributed by atoms with Crippen LogP contribution in [0, 0.1) is 5.92 Å². The highest BCUT2D eigenvalue weighted by atomic mass is 16.2. The molecule has 1 amide bonds. The van der Waals surface area contributed by atoms with Crippen LogP contribution in [-0.4, -0.2) is 54.0 Å². The molecule has 102 valence electrons. The van der Waals surface area contributed by atoms with Gasteiger partial charge in [0.15, 0.2) is 0 Å². The Morgan fingerprint density at radius 1 is 1.00 bits per heavy atom. The Labute approximate surface area is 109 Å². The number of hydrogen-bond donors (Lipinski definition) is 1. The highest BCUT2D eigenvalue weighted by Crippen LogP contribution is 2.28. The molecule has 0 bridgehead atoms. The van der Waals surface area contributed by atoms with Crippen molar-refractivity contribution in [2.45, 2.75) is 50.6 Å². The zero-order valence-corrected chi connectivity index (χ0v) is 11.2. The molecular formula is C14H25N3O. The van der Waals surface area contributed by atoms with Gasteiger partial charge in [-0.3, -0.25) is 9.69 Å². The molecule has 2 saturated heterocycles. The average molecular weight is 251 g/mol. The van der Waals surface area contributed by atoms with E-state index in [0.29, 0.717) is 11.9 Å². The van der Waals surface area contributed by atoms with E-state index in [1.54, 1.807) is 0 Å². The fraction of sp³-hybridized carbons (Fsp3) is 0.929. The zero-order valence-electron chi connectivity index (χ0n) is 11.2. The average Bonchev–Trinajstić information content (AvgIpc) is 3.09. The minimum atomic E-state index is 0.113. The van der Waals surface area contributed by atoms with Crippen molar-refractivity contribution in [1.82, 2.24) is 9.80 Å². The molecule has 1 saturated carbocycles. The Balaban J connectivity index is 1.56. The molecule has 2 aliphatic heterocycles. The molecule has 18 heavy (non-hydrogen) atoms. The van der Waals surface area contributed by atoms with Gasteiger partial charge in [0.25, 0.3) is 0 Å². The lowest BCUT2D eigenvalue weighted by Crippen LogP contribution is -2.42. The van der Waals surface area contributed by atoms with Crippen molar-refractivity contribution in [1.29, 1.82) is 0 Å². The third-order valence-electron chi connectivity index (χ3n) is 5.02. The second-order valence-electron chi connectivity index (χ2n) is 6.17. The zero-order chi connectivity index (χ0) is 12.5. The summed E-state index contributed by atoms with van der Waals surface area (Å²) in [5.74, 6) is 0.448. The Hall–Kier alpha value is -0.610. The van der Waals surface area contributed by atoms with Crippen LogP contribution in [0.2, 0.25) is 0 Å². The van der Waals surface area contributed by atoms with E-state index in [1.165, 1.54) is 25.9 Å². The monoisotopic (exact) mass is 251 g/mol. The molecule has 0 aromatic carbocycles. The number of carbonyl (C=O) groups excluding carboxylic acids is 1. The summed E-state index contributed by atoms with van der Waals surface area (Å²) >= 11 is 0. The summed E-state index contributed by atoms with van der Waals surface area (Å²) in [6.45, 7) is 4.36. The first-order valence-corrected chi connectivity index (χ1v) is 7.54. The molecule has 3 fully saturated rings. The fourth-order valence-electron chi connectivity index (χ4n) is 3.88. The normalized spacial score (nSPS) is 37.6. The molecule has 3 aliphatic rings. The molecule has 2 N–H and O–H groups in total. The quantitative estimate of drug-likeness (QED) is 0.790. The molecule has 0 unspecified atom stereocenters. The van der Waals surface area contributed by atoms with Gasteiger partial charge in [0, 0.05) is 25.2 Å². The van der Waals surface area contributed by atoms with Gasteiger partial charge in [-0.15, -0.1) is 0 Å².